The number of hydrogen-bond acceptors (Lipinski definition) is 5. The molecule has 3 aromatic carbocycles. The number of carbonyl (C=O) groups excluding carboxylic acids is 2. The summed E-state index contributed by atoms with van der Waals surface area (Å²) in [7, 11) is 1.71. The Labute approximate surface area is 172 Å². The van der Waals surface area contributed by atoms with Crippen LogP contribution >= 0.6 is 0 Å². The van der Waals surface area contributed by atoms with E-state index < -0.39 is 5.91 Å². The van der Waals surface area contributed by atoms with Crippen LogP contribution in [0.5, 0.6) is 0 Å². The van der Waals surface area contributed by atoms with Crippen LogP contribution in [0.1, 0.15) is 26.4 Å². The van der Waals surface area contributed by atoms with Gasteiger partial charge < -0.3 is 9.42 Å². The number of nitrogens with zero attached hydrogens (tertiary/aromatic N) is 2. The van der Waals surface area contributed by atoms with E-state index in [0.717, 1.165) is 16.3 Å². The van der Waals surface area contributed by atoms with Crippen LogP contribution in [0, 0.1) is 0 Å². The van der Waals surface area contributed by atoms with Crippen molar-refractivity contribution in [2.24, 2.45) is 0 Å². The number of aromatic nitrogens is 1. The summed E-state index contributed by atoms with van der Waals surface area (Å²) in [5.74, 6) is -0.0857. The molecule has 0 aliphatic heterocycles. The van der Waals surface area contributed by atoms with E-state index in [1.165, 1.54) is 0 Å². The fraction of sp³-hybridized carbons (Fsp3) is 0.0870. The molecule has 150 valence electrons. The summed E-state index contributed by atoms with van der Waals surface area (Å²) in [6.07, 6.45) is 0. The third-order valence-corrected chi connectivity index (χ3v) is 4.81. The zero-order valence-corrected chi connectivity index (χ0v) is 16.2. The molecule has 7 nitrogen and oxygen atoms in total. The van der Waals surface area contributed by atoms with Crippen molar-refractivity contribution in [2.45, 2.75) is 6.54 Å². The lowest BCUT2D eigenvalue weighted by Gasteiger charge is -2.16. The largest absolute Gasteiger partial charge is 0.356 e. The molecule has 0 spiro atoms. The molecular weight excluding hydrogens is 382 g/mol. The van der Waals surface area contributed by atoms with E-state index in [1.807, 2.05) is 36.4 Å². The van der Waals surface area contributed by atoms with E-state index in [4.69, 9.17) is 9.73 Å². The van der Waals surface area contributed by atoms with Crippen LogP contribution in [-0.2, 0) is 6.54 Å². The molecule has 30 heavy (non-hydrogen) atoms. The molecule has 0 unspecified atom stereocenters. The molecule has 4 rings (SSSR count). The molecule has 1 heterocycles. The van der Waals surface area contributed by atoms with Gasteiger partial charge >= 0.3 is 0 Å². The molecule has 0 aliphatic carbocycles. The van der Waals surface area contributed by atoms with E-state index in [-0.39, 0.29) is 5.91 Å². The Bertz CT molecular complexity index is 1220. The van der Waals surface area contributed by atoms with Crippen molar-refractivity contribution in [2.75, 3.05) is 7.05 Å². The maximum atomic E-state index is 12.9. The van der Waals surface area contributed by atoms with E-state index in [2.05, 4.69) is 5.16 Å². The Hall–Kier alpha value is -3.97. The second kappa shape index (κ2) is 8.18. The number of hydrogen-bond donors (Lipinski definition) is 2. The first-order valence-electron chi connectivity index (χ1n) is 9.30. The van der Waals surface area contributed by atoms with Crippen LogP contribution in [0.4, 0.5) is 0 Å². The predicted molar refractivity (Wildman–Crippen MR) is 111 cm³/mol. The lowest BCUT2D eigenvalue weighted by molar-refractivity contribution is 0.0706. The fourth-order valence-electron chi connectivity index (χ4n) is 3.24. The van der Waals surface area contributed by atoms with Crippen LogP contribution in [-0.4, -0.2) is 34.1 Å². The maximum absolute atomic E-state index is 12.9. The first kappa shape index (κ1) is 19.4. The highest BCUT2D eigenvalue weighted by Crippen LogP contribution is 2.22. The summed E-state index contributed by atoms with van der Waals surface area (Å²) in [5, 5.41) is 14.4. The molecule has 0 radical (unpaired) electrons. The highest BCUT2D eigenvalue weighted by Gasteiger charge is 2.16. The van der Waals surface area contributed by atoms with Gasteiger partial charge in [-0.25, -0.2) is 5.48 Å². The molecule has 7 heteroatoms. The molecule has 0 fully saturated rings. The summed E-state index contributed by atoms with van der Waals surface area (Å²) in [5.41, 5.74) is 4.05. The molecule has 0 aliphatic rings. The molecule has 2 amide bonds. The summed E-state index contributed by atoms with van der Waals surface area (Å²) in [6.45, 7) is 0.308. The van der Waals surface area contributed by atoms with E-state index in [1.54, 1.807) is 53.8 Å². The van der Waals surface area contributed by atoms with Gasteiger partial charge in [0, 0.05) is 29.8 Å². The average molecular weight is 401 g/mol. The van der Waals surface area contributed by atoms with Gasteiger partial charge in [0.1, 0.15) is 5.69 Å². The topological polar surface area (TPSA) is 95.7 Å². The Kier molecular flexibility index (Phi) is 5.28. The third-order valence-electron chi connectivity index (χ3n) is 4.81. The Morgan fingerprint density at radius 2 is 1.63 bits per heavy atom. The molecule has 2 N–H and O–H groups in total. The monoisotopic (exact) mass is 401 g/mol. The second-order valence-corrected chi connectivity index (χ2v) is 6.93. The summed E-state index contributed by atoms with van der Waals surface area (Å²) in [6, 6.07) is 21.7. The predicted octanol–water partition coefficient (Wildman–Crippen LogP) is 3.89. The zero-order chi connectivity index (χ0) is 21.1. The van der Waals surface area contributed by atoms with Gasteiger partial charge in [0.25, 0.3) is 11.8 Å². The van der Waals surface area contributed by atoms with Crippen LogP contribution in [0.2, 0.25) is 0 Å². The highest BCUT2D eigenvalue weighted by molar-refractivity contribution is 6.01. The number of hydroxylamine groups is 1. The van der Waals surface area contributed by atoms with Crippen molar-refractivity contribution in [3.63, 3.8) is 0 Å². The number of rotatable bonds is 5. The Morgan fingerprint density at radius 3 is 2.33 bits per heavy atom. The standard InChI is InChI=1S/C23H19N3O4/c1-26(14-20-13-21(30-25-20)15-5-3-2-4-6-15)23(28)19-10-8-16-11-18(22(27)24-29)9-7-17(16)12-19/h2-13,29H,14H2,1H3,(H,24,27). The van der Waals surface area contributed by atoms with Crippen LogP contribution in [0.25, 0.3) is 22.1 Å². The summed E-state index contributed by atoms with van der Waals surface area (Å²) < 4.78 is 5.40. The molecule has 0 atom stereocenters. The maximum Gasteiger partial charge on any atom is 0.274 e. The first-order chi connectivity index (χ1) is 14.5. The second-order valence-electron chi connectivity index (χ2n) is 6.93. The van der Waals surface area contributed by atoms with Gasteiger partial charge in [-0.15, -0.1) is 0 Å². The van der Waals surface area contributed by atoms with E-state index in [0.29, 0.717) is 29.1 Å². The Balaban J connectivity index is 1.50. The van der Waals surface area contributed by atoms with Gasteiger partial charge in [0.15, 0.2) is 5.76 Å². The first-order valence-corrected chi connectivity index (χ1v) is 9.30. The summed E-state index contributed by atoms with van der Waals surface area (Å²) in [4.78, 5) is 26.0. The van der Waals surface area contributed by atoms with Gasteiger partial charge in [-0.3, -0.25) is 14.8 Å². The number of benzene rings is 3. The van der Waals surface area contributed by atoms with Crippen LogP contribution in [0.3, 0.4) is 0 Å². The number of nitrogens with one attached hydrogen (secondary N) is 1. The quantitative estimate of drug-likeness (QED) is 0.391. The smallest absolute Gasteiger partial charge is 0.274 e. The van der Waals surface area contributed by atoms with Gasteiger partial charge in [-0.05, 0) is 35.0 Å². The average Bonchev–Trinajstić information content (AvgIpc) is 3.26. The van der Waals surface area contributed by atoms with Crippen molar-refractivity contribution in [1.29, 1.82) is 0 Å². The van der Waals surface area contributed by atoms with E-state index in [9.17, 15) is 9.59 Å². The minimum atomic E-state index is -0.584. The third kappa shape index (κ3) is 3.92. The highest BCUT2D eigenvalue weighted by atomic mass is 16.5. The molecule has 1 aromatic heterocycles. The lowest BCUT2D eigenvalue weighted by Crippen LogP contribution is -2.26. The van der Waals surface area contributed by atoms with Crippen molar-refractivity contribution >= 4 is 22.6 Å². The van der Waals surface area contributed by atoms with Gasteiger partial charge in [-0.2, -0.15) is 0 Å². The van der Waals surface area contributed by atoms with Gasteiger partial charge in [-0.1, -0.05) is 47.6 Å². The molecule has 4 aromatic rings. The number of carbonyl (C=O) groups is 2. The molecule has 0 saturated carbocycles. The Morgan fingerprint density at radius 1 is 0.967 bits per heavy atom. The lowest BCUT2D eigenvalue weighted by atomic mass is 10.0. The number of fused-ring (bicyclic) bond motifs is 1. The SMILES string of the molecule is CN(Cc1cc(-c2ccccc2)on1)C(=O)c1ccc2cc(C(=O)NO)ccc2c1. The van der Waals surface area contributed by atoms with Crippen LogP contribution < -0.4 is 5.48 Å². The van der Waals surface area contributed by atoms with Crippen molar-refractivity contribution in [1.82, 2.24) is 15.5 Å². The van der Waals surface area contributed by atoms with Crippen LogP contribution in [0.15, 0.2) is 77.3 Å². The van der Waals surface area contributed by atoms with Crippen molar-refractivity contribution in [3.05, 3.63) is 89.6 Å². The molecular formula is C23H19N3O4. The summed E-state index contributed by atoms with van der Waals surface area (Å²) >= 11 is 0. The van der Waals surface area contributed by atoms with E-state index >= 15 is 0 Å². The number of amides is 2. The fourth-order valence-corrected chi connectivity index (χ4v) is 3.24. The molecule has 0 bridgehead atoms. The van der Waals surface area contributed by atoms with Gasteiger partial charge in [0.2, 0.25) is 0 Å². The van der Waals surface area contributed by atoms with Crippen molar-refractivity contribution in [3.8, 4) is 11.3 Å². The normalized spacial score (nSPS) is 10.7. The van der Waals surface area contributed by atoms with Crippen molar-refractivity contribution < 1.29 is 19.3 Å². The van der Waals surface area contributed by atoms with Gasteiger partial charge in [0.05, 0.1) is 6.54 Å². The zero-order valence-electron chi connectivity index (χ0n) is 16.2. The minimum absolute atomic E-state index is 0.154. The molecule has 0 saturated heterocycles. The minimum Gasteiger partial charge on any atom is -0.356 e.